The van der Waals surface area contributed by atoms with Crippen molar-refractivity contribution in [1.29, 1.82) is 0 Å². The van der Waals surface area contributed by atoms with Gasteiger partial charge in [-0.3, -0.25) is 0 Å². The van der Waals surface area contributed by atoms with Crippen molar-refractivity contribution in [1.82, 2.24) is 4.14 Å². The van der Waals surface area contributed by atoms with E-state index in [-0.39, 0.29) is 7.25 Å². The van der Waals surface area contributed by atoms with Crippen molar-refractivity contribution < 1.29 is 16.2 Å². The molecule has 4 aromatic rings. The van der Waals surface area contributed by atoms with Gasteiger partial charge in [-0.05, 0) is 0 Å². The van der Waals surface area contributed by atoms with Gasteiger partial charge in [-0.15, -0.1) is 0 Å². The zero-order valence-electron chi connectivity index (χ0n) is 38.9. The molecular formula is C52H73BCl2NSi2Zr. The Labute approximate surface area is 370 Å². The van der Waals surface area contributed by atoms with E-state index in [4.69, 9.17) is 0 Å². The summed E-state index contributed by atoms with van der Waals surface area (Å²) in [5.41, 5.74) is 16.6. The molecule has 0 aromatic heterocycles. The van der Waals surface area contributed by atoms with Gasteiger partial charge in [-0.1, -0.05) is 0 Å². The normalized spacial score (nSPS) is 19.6. The Morgan fingerprint density at radius 1 is 0.508 bits per heavy atom. The van der Waals surface area contributed by atoms with Gasteiger partial charge >= 0.3 is 374 Å². The Morgan fingerprint density at radius 3 is 1.19 bits per heavy atom. The standard InChI is InChI=1S/2C23H27.C6H19BNSi2.2ClH.Zr/c2*1-5-16(3)19-14-18-10-9-13-22(23(18)15-19)21-12-8-7-11-20(21)17(4)6-2;1-9(2,3)8(7)10(4,5)6;;;/h2*7-17H,5-6H2,1-4H3;7H,1-6H3;2*1H;/q;;+1;;;+1/p-2. The van der Waals surface area contributed by atoms with Gasteiger partial charge in [0.1, 0.15) is 0 Å². The fourth-order valence-electron chi connectivity index (χ4n) is 10.9. The molecule has 6 atom stereocenters. The van der Waals surface area contributed by atoms with Gasteiger partial charge in [0.05, 0.1) is 0 Å². The number of nitrogens with zero attached hydrogens (tertiary/aromatic N) is 1. The monoisotopic (exact) mass is 938 g/mol. The third-order valence-corrected chi connectivity index (χ3v) is 41.5. The van der Waals surface area contributed by atoms with Crippen LogP contribution in [0.4, 0.5) is 0 Å². The van der Waals surface area contributed by atoms with E-state index in [0.717, 1.165) is 30.6 Å². The second-order valence-electron chi connectivity index (χ2n) is 20.5. The SMILES string of the molecule is CCC(C)C1=Cc2c(-c3ccccc3C(C)CC)cccc2[CH]1[Zr]([Cl])([Cl])([BH]N([Si](C)(C)C)[Si](C)(C)C)[CH]1C(C(C)CC)=Cc2c(-c3ccccc3C(C)CC)cccc21. The first-order valence-corrected chi connectivity index (χ1v) is 40.8. The van der Waals surface area contributed by atoms with E-state index in [1.807, 2.05) is 0 Å². The van der Waals surface area contributed by atoms with E-state index in [0.29, 0.717) is 23.7 Å². The van der Waals surface area contributed by atoms with Gasteiger partial charge in [0.25, 0.3) is 0 Å². The number of hydrogen-bond acceptors (Lipinski definition) is 1. The predicted octanol–water partition coefficient (Wildman–Crippen LogP) is 17.0. The Hall–Kier alpha value is -1.72. The molecule has 0 heterocycles. The van der Waals surface area contributed by atoms with Crippen LogP contribution in [0.15, 0.2) is 96.1 Å². The van der Waals surface area contributed by atoms with Crippen molar-refractivity contribution in [3.63, 3.8) is 0 Å². The number of fused-ring (bicyclic) bond motifs is 2. The molecule has 0 N–H and O–H groups in total. The van der Waals surface area contributed by atoms with Gasteiger partial charge in [-0.25, -0.2) is 0 Å². The molecule has 0 bridgehead atoms. The van der Waals surface area contributed by atoms with Gasteiger partial charge < -0.3 is 0 Å². The molecule has 7 heteroatoms. The first-order valence-electron chi connectivity index (χ1n) is 22.9. The second-order valence-corrected chi connectivity index (χ2v) is 52.6. The minimum absolute atomic E-state index is 0.0184. The third-order valence-electron chi connectivity index (χ3n) is 14.6. The summed E-state index contributed by atoms with van der Waals surface area (Å²) in [5, 5.41) is 0. The van der Waals surface area contributed by atoms with Crippen LogP contribution in [0.5, 0.6) is 0 Å². The summed E-state index contributed by atoms with van der Waals surface area (Å²) in [6, 6.07) is 32.5. The fraction of sp³-hybridized carbons (Fsp3) is 0.462. The van der Waals surface area contributed by atoms with Crippen molar-refractivity contribution >= 4 is 50.6 Å². The van der Waals surface area contributed by atoms with Gasteiger partial charge in [0.15, 0.2) is 0 Å². The quantitative estimate of drug-likeness (QED) is 0.101. The van der Waals surface area contributed by atoms with Crippen molar-refractivity contribution in [2.24, 2.45) is 11.8 Å². The van der Waals surface area contributed by atoms with Gasteiger partial charge in [-0.2, -0.15) is 0 Å². The van der Waals surface area contributed by atoms with E-state index in [1.165, 1.54) is 66.8 Å². The molecule has 0 saturated heterocycles. The molecule has 0 radical (unpaired) electrons. The van der Waals surface area contributed by atoms with E-state index in [1.54, 1.807) is 0 Å². The Balaban J connectivity index is 1.73. The molecule has 4 aromatic carbocycles. The van der Waals surface area contributed by atoms with Crippen LogP contribution in [0, 0.1) is 11.8 Å². The van der Waals surface area contributed by atoms with E-state index < -0.39 is 32.6 Å². The topological polar surface area (TPSA) is 3.24 Å². The van der Waals surface area contributed by atoms with Crippen molar-refractivity contribution in [3.05, 3.63) is 129 Å². The van der Waals surface area contributed by atoms with E-state index >= 15 is 0 Å². The van der Waals surface area contributed by atoms with Crippen LogP contribution in [0.25, 0.3) is 34.4 Å². The molecule has 0 saturated carbocycles. The molecule has 59 heavy (non-hydrogen) atoms. The first kappa shape index (κ1) is 46.8. The molecule has 0 aliphatic heterocycles. The molecule has 6 rings (SSSR count). The summed E-state index contributed by atoms with van der Waals surface area (Å²) in [4.78, 5) is 0.813. The van der Waals surface area contributed by atoms with E-state index in [9.17, 15) is 17.0 Å². The average molecular weight is 941 g/mol. The maximum atomic E-state index is 9.36. The number of rotatable bonds is 16. The third kappa shape index (κ3) is 8.67. The Kier molecular flexibility index (Phi) is 14.1. The van der Waals surface area contributed by atoms with Crippen LogP contribution >= 0.6 is 17.0 Å². The predicted molar refractivity (Wildman–Crippen MR) is 269 cm³/mol. The molecular weight excluding hydrogens is 868 g/mol. The zero-order valence-corrected chi connectivity index (χ0v) is 44.9. The molecule has 2 aliphatic carbocycles. The average Bonchev–Trinajstić information content (AvgIpc) is 3.82. The van der Waals surface area contributed by atoms with Crippen LogP contribution in [-0.2, 0) is 16.2 Å². The summed E-state index contributed by atoms with van der Waals surface area (Å²) >= 11 is -5.43. The Bertz CT molecular complexity index is 2080. The van der Waals surface area contributed by atoms with Crippen LogP contribution in [-0.4, -0.2) is 25.6 Å². The van der Waals surface area contributed by atoms with Crippen molar-refractivity contribution in [2.75, 3.05) is 0 Å². The molecule has 6 unspecified atom stereocenters. The summed E-state index contributed by atoms with van der Waals surface area (Å²) in [6.07, 6.45) is 9.47. The number of allylic oxidation sites excluding steroid dienone is 2. The van der Waals surface area contributed by atoms with Crippen molar-refractivity contribution in [2.45, 2.75) is 139 Å². The van der Waals surface area contributed by atoms with Gasteiger partial charge in [0.2, 0.25) is 0 Å². The summed E-state index contributed by atoms with van der Waals surface area (Å²) < 4.78 is 2.93. The minimum atomic E-state index is -5.43. The van der Waals surface area contributed by atoms with Crippen molar-refractivity contribution in [3.8, 4) is 22.3 Å². The van der Waals surface area contributed by atoms with Crippen LogP contribution in [0.3, 0.4) is 0 Å². The van der Waals surface area contributed by atoms with Crippen LogP contribution < -0.4 is 0 Å². The zero-order chi connectivity index (χ0) is 43.3. The van der Waals surface area contributed by atoms with Crippen LogP contribution in [0.2, 0.25) is 39.3 Å². The molecule has 315 valence electrons. The summed E-state index contributed by atoms with van der Waals surface area (Å²) in [6.45, 7) is 34.1. The molecule has 1 nitrogen and oxygen atoms in total. The van der Waals surface area contributed by atoms with Gasteiger partial charge in [0, 0.05) is 0 Å². The Morgan fingerprint density at radius 2 is 0.847 bits per heavy atom. The molecule has 2 aliphatic rings. The van der Waals surface area contributed by atoms with Crippen LogP contribution in [0.1, 0.15) is 134 Å². The summed E-state index contributed by atoms with van der Waals surface area (Å²) in [5.74, 6) is 1.60. The molecule has 0 spiro atoms. The second kappa shape index (κ2) is 17.8. The number of halogens is 2. The first-order chi connectivity index (χ1) is 27.7. The molecule has 0 fully saturated rings. The summed E-state index contributed by atoms with van der Waals surface area (Å²) in [7, 11) is 14.9. The van der Waals surface area contributed by atoms with E-state index in [2.05, 4.69) is 196 Å². The number of benzene rings is 4. The number of hydrogen-bond donors (Lipinski definition) is 0. The fourth-order valence-corrected chi connectivity index (χ4v) is 53.2. The maximum absolute atomic E-state index is 9.36. The molecule has 0 amide bonds.